The van der Waals surface area contributed by atoms with E-state index in [2.05, 4.69) is 9.47 Å². The molecule has 3 N–H and O–H groups in total. The molecule has 2 aromatic rings. The third kappa shape index (κ3) is 4.63. The van der Waals surface area contributed by atoms with Crippen LogP contribution < -0.4 is 11.3 Å². The van der Waals surface area contributed by atoms with Crippen molar-refractivity contribution in [2.75, 3.05) is 0 Å². The van der Waals surface area contributed by atoms with Gasteiger partial charge in [-0.2, -0.15) is 0 Å². The lowest BCUT2D eigenvalue weighted by Crippen LogP contribution is -2.51. The van der Waals surface area contributed by atoms with Gasteiger partial charge in [-0.05, 0) is 76.3 Å². The quantitative estimate of drug-likeness (QED) is 0.597. The first-order valence-corrected chi connectivity index (χ1v) is 14.8. The summed E-state index contributed by atoms with van der Waals surface area (Å²) in [6.45, 7) is 0. The molecule has 3 heterocycles. The van der Waals surface area contributed by atoms with Crippen molar-refractivity contribution >= 4 is 17.0 Å². The minimum absolute atomic E-state index is 0.0346. The van der Waals surface area contributed by atoms with Crippen molar-refractivity contribution in [3.05, 3.63) is 40.3 Å². The number of fused-ring (bicyclic) bond motifs is 3. The standard InChI is InChI=1S/C30H42N4O3/c31-30(29(36)37)16-14-20(15-17-30)27-28(35)34(26-11-7-6-10-25(26)32-27)24-18-22-12-13-23(19-24)33(22)21-8-4-2-1-3-5-9-21/h6-7,10-11,20-24H,1-5,8-9,12-19,31H2,(H,36,37)/t20?,22-,23+,24+,30?. The summed E-state index contributed by atoms with van der Waals surface area (Å²) in [6.07, 6.45) is 16.0. The van der Waals surface area contributed by atoms with Crippen LogP contribution in [0, 0.1) is 0 Å². The van der Waals surface area contributed by atoms with Crippen LogP contribution in [0.2, 0.25) is 0 Å². The number of carboxylic acids is 1. The minimum Gasteiger partial charge on any atom is -0.480 e. The molecule has 7 heteroatoms. The van der Waals surface area contributed by atoms with Gasteiger partial charge in [-0.1, -0.05) is 44.2 Å². The first-order valence-electron chi connectivity index (χ1n) is 14.8. The molecular formula is C30H42N4O3. The Bertz CT molecular complexity index is 1180. The zero-order chi connectivity index (χ0) is 25.6. The van der Waals surface area contributed by atoms with E-state index in [1.807, 2.05) is 24.3 Å². The Hall–Kier alpha value is -2.25. The van der Waals surface area contributed by atoms with E-state index < -0.39 is 11.5 Å². The number of para-hydroxylation sites is 2. The molecule has 2 aliphatic heterocycles. The van der Waals surface area contributed by atoms with E-state index in [9.17, 15) is 14.7 Å². The molecule has 1 aromatic carbocycles. The van der Waals surface area contributed by atoms with Gasteiger partial charge < -0.3 is 15.4 Å². The molecule has 4 aliphatic rings. The van der Waals surface area contributed by atoms with Crippen molar-refractivity contribution in [2.24, 2.45) is 5.73 Å². The van der Waals surface area contributed by atoms with Gasteiger partial charge in [-0.25, -0.2) is 4.98 Å². The van der Waals surface area contributed by atoms with Crippen LogP contribution in [0.25, 0.3) is 11.0 Å². The van der Waals surface area contributed by atoms with Crippen LogP contribution in [0.3, 0.4) is 0 Å². The number of hydrogen-bond donors (Lipinski definition) is 2. The van der Waals surface area contributed by atoms with Crippen LogP contribution >= 0.6 is 0 Å². The zero-order valence-electron chi connectivity index (χ0n) is 22.0. The molecule has 0 spiro atoms. The van der Waals surface area contributed by atoms with Crippen LogP contribution in [0.1, 0.15) is 114 Å². The maximum absolute atomic E-state index is 14.1. The van der Waals surface area contributed by atoms with Crippen LogP contribution in [-0.2, 0) is 4.79 Å². The Balaban J connectivity index is 1.30. The lowest BCUT2D eigenvalue weighted by molar-refractivity contribution is -0.144. The molecule has 0 amide bonds. The molecule has 3 atom stereocenters. The number of aromatic nitrogens is 2. The number of carboxylic acid groups (broad SMARTS) is 1. The van der Waals surface area contributed by atoms with Gasteiger partial charge in [-0.3, -0.25) is 14.5 Å². The molecule has 2 aliphatic carbocycles. The lowest BCUT2D eigenvalue weighted by atomic mass is 9.76. The number of benzene rings is 1. The molecule has 2 bridgehead atoms. The molecule has 0 radical (unpaired) electrons. The number of nitrogens with two attached hydrogens (primary N) is 1. The molecule has 0 unspecified atom stereocenters. The first kappa shape index (κ1) is 25.1. The Morgan fingerprint density at radius 2 is 1.49 bits per heavy atom. The van der Waals surface area contributed by atoms with Crippen molar-refractivity contribution in [3.63, 3.8) is 0 Å². The molecule has 2 saturated carbocycles. The number of piperidine rings is 1. The van der Waals surface area contributed by atoms with Crippen molar-refractivity contribution in [1.29, 1.82) is 0 Å². The molecule has 1 aromatic heterocycles. The summed E-state index contributed by atoms with van der Waals surface area (Å²) >= 11 is 0. The Kier molecular flexibility index (Phi) is 6.87. The number of rotatable bonds is 4. The fraction of sp³-hybridized carbons (Fsp3) is 0.700. The number of carbonyl (C=O) groups is 1. The maximum atomic E-state index is 14.1. The molecule has 6 rings (SSSR count). The third-order valence-corrected chi connectivity index (χ3v) is 10.1. The number of hydrogen-bond acceptors (Lipinski definition) is 5. The summed E-state index contributed by atoms with van der Waals surface area (Å²) in [5.74, 6) is -0.979. The van der Waals surface area contributed by atoms with Crippen LogP contribution in [0.15, 0.2) is 29.1 Å². The smallest absolute Gasteiger partial charge is 0.323 e. The van der Waals surface area contributed by atoms with Gasteiger partial charge in [0.1, 0.15) is 11.2 Å². The van der Waals surface area contributed by atoms with Crippen LogP contribution in [-0.4, -0.2) is 49.2 Å². The highest BCUT2D eigenvalue weighted by molar-refractivity contribution is 5.78. The van der Waals surface area contributed by atoms with Gasteiger partial charge >= 0.3 is 5.97 Å². The Labute approximate surface area is 219 Å². The second kappa shape index (κ2) is 10.1. The summed E-state index contributed by atoms with van der Waals surface area (Å²) in [5, 5.41) is 9.55. The van der Waals surface area contributed by atoms with Gasteiger partial charge in [-0.15, -0.1) is 0 Å². The van der Waals surface area contributed by atoms with E-state index in [0.717, 1.165) is 23.9 Å². The van der Waals surface area contributed by atoms with E-state index in [-0.39, 0.29) is 17.5 Å². The summed E-state index contributed by atoms with van der Waals surface area (Å²) in [4.78, 5) is 33.5. The van der Waals surface area contributed by atoms with Crippen molar-refractivity contribution in [3.8, 4) is 0 Å². The third-order valence-electron chi connectivity index (χ3n) is 10.1. The monoisotopic (exact) mass is 506 g/mol. The van der Waals surface area contributed by atoms with E-state index in [0.29, 0.717) is 49.5 Å². The highest BCUT2D eigenvalue weighted by Gasteiger charge is 2.45. The average molecular weight is 507 g/mol. The SMILES string of the molecule is NC1(C(=O)O)CCC(c2nc3ccccc3n([C@H]3C[C@H]4CC[C@@H](C3)N4C3CCCCCCC3)c2=O)CC1. The summed E-state index contributed by atoms with van der Waals surface area (Å²) in [6, 6.07) is 10.1. The van der Waals surface area contributed by atoms with Crippen LogP contribution in [0.5, 0.6) is 0 Å². The van der Waals surface area contributed by atoms with Crippen molar-refractivity contribution < 1.29 is 9.90 Å². The normalized spacial score (nSPS) is 33.8. The predicted molar refractivity (Wildman–Crippen MR) is 145 cm³/mol. The van der Waals surface area contributed by atoms with Crippen molar-refractivity contribution in [1.82, 2.24) is 14.5 Å². The molecule has 2 saturated heterocycles. The highest BCUT2D eigenvalue weighted by Crippen LogP contribution is 2.44. The van der Waals surface area contributed by atoms with Gasteiger partial charge in [0.05, 0.1) is 11.0 Å². The highest BCUT2D eigenvalue weighted by atomic mass is 16.4. The molecule has 37 heavy (non-hydrogen) atoms. The molecule has 4 fully saturated rings. The summed E-state index contributed by atoms with van der Waals surface area (Å²) < 4.78 is 2.08. The summed E-state index contributed by atoms with van der Waals surface area (Å²) in [5.41, 5.74) is 7.41. The van der Waals surface area contributed by atoms with E-state index in [1.165, 1.54) is 57.8 Å². The number of nitrogens with zero attached hydrogens (tertiary/aromatic N) is 3. The Morgan fingerprint density at radius 1 is 0.865 bits per heavy atom. The second-order valence-electron chi connectivity index (χ2n) is 12.4. The molecular weight excluding hydrogens is 464 g/mol. The lowest BCUT2D eigenvalue weighted by Gasteiger charge is -2.45. The summed E-state index contributed by atoms with van der Waals surface area (Å²) in [7, 11) is 0. The largest absolute Gasteiger partial charge is 0.480 e. The fourth-order valence-corrected chi connectivity index (χ4v) is 8.15. The maximum Gasteiger partial charge on any atom is 0.323 e. The van der Waals surface area contributed by atoms with Crippen LogP contribution in [0.4, 0.5) is 0 Å². The topological polar surface area (TPSA) is 101 Å². The Morgan fingerprint density at radius 3 is 2.14 bits per heavy atom. The van der Waals surface area contributed by atoms with Gasteiger partial charge in [0.25, 0.3) is 5.56 Å². The average Bonchev–Trinajstić information content (AvgIpc) is 3.13. The van der Waals surface area contributed by atoms with E-state index in [1.54, 1.807) is 0 Å². The first-order chi connectivity index (χ1) is 17.9. The predicted octanol–water partition coefficient (Wildman–Crippen LogP) is 5.12. The van der Waals surface area contributed by atoms with Gasteiger partial charge in [0, 0.05) is 30.1 Å². The zero-order valence-corrected chi connectivity index (χ0v) is 22.0. The molecule has 7 nitrogen and oxygen atoms in total. The van der Waals surface area contributed by atoms with Gasteiger partial charge in [0.2, 0.25) is 0 Å². The van der Waals surface area contributed by atoms with E-state index in [4.69, 9.17) is 10.7 Å². The van der Waals surface area contributed by atoms with Gasteiger partial charge in [0.15, 0.2) is 0 Å². The van der Waals surface area contributed by atoms with E-state index >= 15 is 0 Å². The number of aliphatic carboxylic acids is 1. The second-order valence-corrected chi connectivity index (χ2v) is 12.4. The van der Waals surface area contributed by atoms with Crippen molar-refractivity contribution in [2.45, 2.75) is 132 Å². The minimum atomic E-state index is -1.19. The fourth-order valence-electron chi connectivity index (χ4n) is 8.15. The molecule has 200 valence electrons.